The summed E-state index contributed by atoms with van der Waals surface area (Å²) in [6.45, 7) is 1.93. The van der Waals surface area contributed by atoms with Gasteiger partial charge in [0.2, 0.25) is 0 Å². The second-order valence-corrected chi connectivity index (χ2v) is 4.30. The van der Waals surface area contributed by atoms with Gasteiger partial charge >= 0.3 is 0 Å². The van der Waals surface area contributed by atoms with Gasteiger partial charge in [0.1, 0.15) is 11.9 Å². The highest BCUT2D eigenvalue weighted by atomic mass is 35.5. The number of rotatable bonds is 2. The van der Waals surface area contributed by atoms with Crippen molar-refractivity contribution < 1.29 is 0 Å². The Balaban J connectivity index is 2.37. The normalized spacial score (nSPS) is 9.83. The van der Waals surface area contributed by atoms with Crippen LogP contribution in [0, 0.1) is 18.3 Å². The van der Waals surface area contributed by atoms with Crippen LogP contribution in [0.2, 0.25) is 5.02 Å². The second-order valence-electron chi connectivity index (χ2n) is 3.86. The van der Waals surface area contributed by atoms with Crippen molar-refractivity contribution in [1.82, 2.24) is 4.98 Å². The lowest BCUT2D eigenvalue weighted by Crippen LogP contribution is -2.00. The molecule has 0 atom stereocenters. The molecule has 2 rings (SSSR count). The van der Waals surface area contributed by atoms with E-state index in [1.165, 1.54) is 6.20 Å². The molecular formula is C13H11ClN4. The molecule has 0 aliphatic rings. The minimum Gasteiger partial charge on any atom is -0.397 e. The molecule has 0 spiro atoms. The maximum absolute atomic E-state index is 9.03. The summed E-state index contributed by atoms with van der Waals surface area (Å²) in [4.78, 5) is 4.12. The maximum atomic E-state index is 9.03. The molecule has 0 amide bonds. The van der Waals surface area contributed by atoms with Gasteiger partial charge < -0.3 is 11.1 Å². The lowest BCUT2D eigenvalue weighted by molar-refractivity contribution is 1.28. The van der Waals surface area contributed by atoms with Crippen LogP contribution in [0.5, 0.6) is 0 Å². The number of aromatic nitrogens is 1. The topological polar surface area (TPSA) is 74.7 Å². The fourth-order valence-electron chi connectivity index (χ4n) is 1.56. The molecule has 0 radical (unpaired) electrons. The van der Waals surface area contributed by atoms with Gasteiger partial charge in [-0.15, -0.1) is 0 Å². The zero-order valence-electron chi connectivity index (χ0n) is 9.74. The van der Waals surface area contributed by atoms with E-state index in [1.807, 2.05) is 19.1 Å². The summed E-state index contributed by atoms with van der Waals surface area (Å²) in [5.41, 5.74) is 8.29. The number of hydrogen-bond acceptors (Lipinski definition) is 4. The number of hydrogen-bond donors (Lipinski definition) is 2. The zero-order valence-corrected chi connectivity index (χ0v) is 10.5. The number of halogens is 1. The van der Waals surface area contributed by atoms with Crippen LogP contribution in [-0.2, 0) is 0 Å². The van der Waals surface area contributed by atoms with Crippen molar-refractivity contribution >= 4 is 28.8 Å². The molecule has 1 heterocycles. The standard InChI is InChI=1S/C13H11ClN4/c1-8-4-10(14)2-3-12(8)18-13-9(6-15)5-11(16)7-17-13/h2-5,7H,16H2,1H3,(H,17,18). The number of aryl methyl sites for hydroxylation is 1. The van der Waals surface area contributed by atoms with E-state index >= 15 is 0 Å². The van der Waals surface area contributed by atoms with Crippen molar-refractivity contribution in [3.05, 3.63) is 46.6 Å². The molecule has 2 aromatic rings. The van der Waals surface area contributed by atoms with E-state index in [0.29, 0.717) is 22.1 Å². The number of nitrogen functional groups attached to an aromatic ring is 1. The van der Waals surface area contributed by atoms with E-state index in [1.54, 1.807) is 12.1 Å². The van der Waals surface area contributed by atoms with E-state index in [2.05, 4.69) is 16.4 Å². The predicted molar refractivity (Wildman–Crippen MR) is 72.8 cm³/mol. The third-order valence-electron chi connectivity index (χ3n) is 2.47. The molecule has 18 heavy (non-hydrogen) atoms. The Morgan fingerprint density at radius 2 is 2.17 bits per heavy atom. The third-order valence-corrected chi connectivity index (χ3v) is 2.71. The van der Waals surface area contributed by atoms with Crippen LogP contribution in [-0.4, -0.2) is 4.98 Å². The molecule has 0 saturated carbocycles. The average Bonchev–Trinajstić information content (AvgIpc) is 2.34. The Morgan fingerprint density at radius 1 is 1.39 bits per heavy atom. The van der Waals surface area contributed by atoms with Crippen LogP contribution in [0.15, 0.2) is 30.5 Å². The third kappa shape index (κ3) is 2.53. The molecule has 4 nitrogen and oxygen atoms in total. The second kappa shape index (κ2) is 4.94. The van der Waals surface area contributed by atoms with Crippen LogP contribution in [0.25, 0.3) is 0 Å². The van der Waals surface area contributed by atoms with Crippen LogP contribution in [0.3, 0.4) is 0 Å². The van der Waals surface area contributed by atoms with Gasteiger partial charge in [-0.1, -0.05) is 11.6 Å². The summed E-state index contributed by atoms with van der Waals surface area (Å²) >= 11 is 5.89. The number of nitrogens with two attached hydrogens (primary N) is 1. The number of pyridine rings is 1. The number of benzene rings is 1. The summed E-state index contributed by atoms with van der Waals surface area (Å²) in [5, 5.41) is 12.8. The van der Waals surface area contributed by atoms with E-state index in [0.717, 1.165) is 11.3 Å². The fourth-order valence-corrected chi connectivity index (χ4v) is 1.79. The van der Waals surface area contributed by atoms with Crippen molar-refractivity contribution in [1.29, 1.82) is 5.26 Å². The highest BCUT2D eigenvalue weighted by Crippen LogP contribution is 2.24. The first kappa shape index (κ1) is 12.2. The Bertz CT molecular complexity index is 631. The van der Waals surface area contributed by atoms with Crippen molar-refractivity contribution in [2.75, 3.05) is 11.1 Å². The smallest absolute Gasteiger partial charge is 0.148 e. The highest BCUT2D eigenvalue weighted by molar-refractivity contribution is 6.30. The van der Waals surface area contributed by atoms with Crippen LogP contribution < -0.4 is 11.1 Å². The van der Waals surface area contributed by atoms with Gasteiger partial charge in [-0.05, 0) is 36.8 Å². The Morgan fingerprint density at radius 3 is 2.83 bits per heavy atom. The summed E-state index contributed by atoms with van der Waals surface area (Å²) in [5.74, 6) is 0.483. The molecule has 1 aromatic carbocycles. The number of nitrogens with zero attached hydrogens (tertiary/aromatic N) is 2. The minimum absolute atomic E-state index is 0.407. The summed E-state index contributed by atoms with van der Waals surface area (Å²) in [7, 11) is 0. The van der Waals surface area contributed by atoms with Crippen molar-refractivity contribution in [2.24, 2.45) is 0 Å². The molecule has 0 aliphatic carbocycles. The molecular weight excluding hydrogens is 248 g/mol. The van der Waals surface area contributed by atoms with Crippen LogP contribution in [0.1, 0.15) is 11.1 Å². The fraction of sp³-hybridized carbons (Fsp3) is 0.0769. The number of nitrogens with one attached hydrogen (secondary N) is 1. The van der Waals surface area contributed by atoms with Gasteiger partial charge in [0.05, 0.1) is 17.4 Å². The van der Waals surface area contributed by atoms with E-state index in [4.69, 9.17) is 22.6 Å². The van der Waals surface area contributed by atoms with Crippen LogP contribution in [0.4, 0.5) is 17.2 Å². The van der Waals surface area contributed by atoms with Gasteiger partial charge in [0.25, 0.3) is 0 Å². The molecule has 5 heteroatoms. The Kier molecular flexibility index (Phi) is 3.35. The van der Waals surface area contributed by atoms with Crippen molar-refractivity contribution in [3.63, 3.8) is 0 Å². The van der Waals surface area contributed by atoms with Gasteiger partial charge in [-0.3, -0.25) is 0 Å². The molecule has 0 saturated heterocycles. The molecule has 3 N–H and O–H groups in total. The van der Waals surface area contributed by atoms with Gasteiger partial charge in [-0.25, -0.2) is 4.98 Å². The first-order valence-corrected chi connectivity index (χ1v) is 5.67. The molecule has 0 unspecified atom stereocenters. The number of anilines is 3. The van der Waals surface area contributed by atoms with Gasteiger partial charge in [-0.2, -0.15) is 5.26 Å². The number of nitriles is 1. The Hall–Kier alpha value is -2.25. The lowest BCUT2D eigenvalue weighted by Gasteiger charge is -2.10. The van der Waals surface area contributed by atoms with Crippen LogP contribution >= 0.6 is 11.6 Å². The predicted octanol–water partition coefficient (Wildman–Crippen LogP) is 3.24. The van der Waals surface area contributed by atoms with Crippen molar-refractivity contribution in [3.8, 4) is 6.07 Å². The first-order chi connectivity index (χ1) is 8.60. The largest absolute Gasteiger partial charge is 0.397 e. The summed E-state index contributed by atoms with van der Waals surface area (Å²) in [6.07, 6.45) is 1.51. The molecule has 1 aromatic heterocycles. The summed E-state index contributed by atoms with van der Waals surface area (Å²) in [6, 6.07) is 9.10. The SMILES string of the molecule is Cc1cc(Cl)ccc1Nc1ncc(N)cc1C#N. The van der Waals surface area contributed by atoms with Crippen molar-refractivity contribution in [2.45, 2.75) is 6.92 Å². The maximum Gasteiger partial charge on any atom is 0.148 e. The van der Waals surface area contributed by atoms with Gasteiger partial charge in [0, 0.05) is 10.7 Å². The van der Waals surface area contributed by atoms with E-state index < -0.39 is 0 Å². The highest BCUT2D eigenvalue weighted by Gasteiger charge is 2.06. The van der Waals surface area contributed by atoms with Gasteiger partial charge in [0.15, 0.2) is 0 Å². The quantitative estimate of drug-likeness (QED) is 0.867. The monoisotopic (exact) mass is 258 g/mol. The van der Waals surface area contributed by atoms with E-state index in [9.17, 15) is 0 Å². The Labute approximate surface area is 110 Å². The first-order valence-electron chi connectivity index (χ1n) is 5.29. The molecule has 0 aliphatic heterocycles. The molecule has 90 valence electrons. The molecule has 0 bridgehead atoms. The average molecular weight is 259 g/mol. The zero-order chi connectivity index (χ0) is 13.1. The molecule has 0 fully saturated rings. The summed E-state index contributed by atoms with van der Waals surface area (Å²) < 4.78 is 0. The minimum atomic E-state index is 0.407. The lowest BCUT2D eigenvalue weighted by atomic mass is 10.2. The van der Waals surface area contributed by atoms with E-state index in [-0.39, 0.29) is 0 Å².